The normalized spacial score (nSPS) is 15.9. The average molecular weight is 308 g/mol. The van der Waals surface area contributed by atoms with Gasteiger partial charge in [-0.05, 0) is 12.1 Å². The largest absolute Gasteiger partial charge is 0.335 e. The molecule has 4 amide bonds. The number of urea groups is 1. The summed E-state index contributed by atoms with van der Waals surface area (Å²) in [4.78, 5) is 35.1. The fourth-order valence-electron chi connectivity index (χ4n) is 1.52. The fraction of sp³-hybridized carbons (Fsp3) is 0.100. The fourth-order valence-corrected chi connectivity index (χ4v) is 2.51. The molecule has 1 aliphatic heterocycles. The molecule has 0 bridgehead atoms. The predicted octanol–water partition coefficient (Wildman–Crippen LogP) is 2.62. The van der Waals surface area contributed by atoms with Crippen molar-refractivity contribution in [1.29, 1.82) is 0 Å². The number of rotatable bonds is 1. The van der Waals surface area contributed by atoms with Crippen LogP contribution in [0.25, 0.3) is 0 Å². The van der Waals surface area contributed by atoms with Gasteiger partial charge in [-0.25, -0.2) is 9.69 Å². The minimum absolute atomic E-state index is 0.0118. The Hall–Kier alpha value is -1.30. The molecule has 8 heteroatoms. The van der Waals surface area contributed by atoms with E-state index in [1.807, 2.05) is 5.32 Å². The Morgan fingerprint density at radius 1 is 1.06 bits per heavy atom. The third-order valence-electron chi connectivity index (χ3n) is 2.22. The van der Waals surface area contributed by atoms with E-state index in [4.69, 9.17) is 34.8 Å². The first-order valence-electron chi connectivity index (χ1n) is 4.71. The van der Waals surface area contributed by atoms with E-state index >= 15 is 0 Å². The second-order valence-corrected chi connectivity index (χ2v) is 4.73. The Bertz CT molecular complexity index is 530. The van der Waals surface area contributed by atoms with E-state index in [1.54, 1.807) is 0 Å². The molecule has 1 aliphatic rings. The van der Waals surface area contributed by atoms with Gasteiger partial charge in [0.15, 0.2) is 0 Å². The van der Waals surface area contributed by atoms with Crippen LogP contribution in [0.4, 0.5) is 10.5 Å². The number of hydrogen-bond acceptors (Lipinski definition) is 3. The Balaban J connectivity index is 2.52. The molecule has 1 fully saturated rings. The predicted molar refractivity (Wildman–Crippen MR) is 67.1 cm³/mol. The molecule has 2 rings (SSSR count). The molecule has 0 saturated carbocycles. The first kappa shape index (κ1) is 13.1. The molecule has 0 radical (unpaired) electrons. The lowest BCUT2D eigenvalue weighted by Crippen LogP contribution is -2.53. The molecule has 94 valence electrons. The van der Waals surface area contributed by atoms with Gasteiger partial charge < -0.3 is 0 Å². The van der Waals surface area contributed by atoms with Crippen LogP contribution in [0.3, 0.4) is 0 Å². The third-order valence-corrected chi connectivity index (χ3v) is 3.01. The molecule has 1 saturated heterocycles. The van der Waals surface area contributed by atoms with Crippen molar-refractivity contribution in [2.45, 2.75) is 6.42 Å². The molecule has 1 aromatic carbocycles. The Morgan fingerprint density at radius 2 is 1.61 bits per heavy atom. The summed E-state index contributed by atoms with van der Waals surface area (Å²) in [5.41, 5.74) is 0.0118. The molecule has 1 aromatic rings. The first-order chi connectivity index (χ1) is 8.40. The zero-order valence-corrected chi connectivity index (χ0v) is 10.9. The lowest BCUT2D eigenvalue weighted by Gasteiger charge is -2.26. The van der Waals surface area contributed by atoms with Crippen LogP contribution in [0.15, 0.2) is 12.1 Å². The molecule has 18 heavy (non-hydrogen) atoms. The van der Waals surface area contributed by atoms with Crippen LogP contribution >= 0.6 is 34.8 Å². The number of nitrogens with one attached hydrogen (secondary N) is 1. The minimum atomic E-state index is -0.887. The van der Waals surface area contributed by atoms with Crippen LogP contribution in [0.2, 0.25) is 15.1 Å². The smallest absolute Gasteiger partial charge is 0.277 e. The number of carbonyl (C=O) groups is 3. The Morgan fingerprint density at radius 3 is 2.11 bits per heavy atom. The lowest BCUT2D eigenvalue weighted by atomic mass is 10.2. The van der Waals surface area contributed by atoms with Gasteiger partial charge in [0.05, 0.1) is 15.7 Å². The van der Waals surface area contributed by atoms with E-state index in [9.17, 15) is 14.4 Å². The van der Waals surface area contributed by atoms with Gasteiger partial charge in [0.1, 0.15) is 6.42 Å². The van der Waals surface area contributed by atoms with Crippen LogP contribution in [-0.2, 0) is 9.59 Å². The summed E-state index contributed by atoms with van der Waals surface area (Å²) in [7, 11) is 0. The van der Waals surface area contributed by atoms with E-state index in [0.717, 1.165) is 4.90 Å². The topological polar surface area (TPSA) is 66.5 Å². The lowest BCUT2D eigenvalue weighted by molar-refractivity contribution is -0.128. The summed E-state index contributed by atoms with van der Waals surface area (Å²) in [6.45, 7) is 0. The van der Waals surface area contributed by atoms with Crippen LogP contribution in [0.1, 0.15) is 6.42 Å². The number of barbiturate groups is 1. The number of anilines is 1. The molecular weight excluding hydrogens is 302 g/mol. The molecule has 1 N–H and O–H groups in total. The van der Waals surface area contributed by atoms with Gasteiger partial charge in [0, 0.05) is 5.02 Å². The molecule has 0 atom stereocenters. The Kier molecular flexibility index (Phi) is 3.47. The standard InChI is InChI=1S/C10H5Cl3N2O3/c11-4-1-5(12)9(6(13)2-4)15-8(17)3-7(16)14-10(15)18/h1-2H,3H2,(H,14,16,18). The van der Waals surface area contributed by atoms with E-state index < -0.39 is 24.3 Å². The molecule has 5 nitrogen and oxygen atoms in total. The number of halogens is 3. The molecule has 0 aromatic heterocycles. The number of carbonyl (C=O) groups excluding carboxylic acids is 3. The zero-order valence-electron chi connectivity index (χ0n) is 8.67. The van der Waals surface area contributed by atoms with Gasteiger partial charge in [0.25, 0.3) is 0 Å². The van der Waals surface area contributed by atoms with Gasteiger partial charge in [0.2, 0.25) is 11.8 Å². The summed E-state index contributed by atoms with van der Waals surface area (Å²) in [6, 6.07) is 1.81. The highest BCUT2D eigenvalue weighted by Gasteiger charge is 2.34. The van der Waals surface area contributed by atoms with Crippen LogP contribution in [0, 0.1) is 0 Å². The number of benzene rings is 1. The number of amides is 4. The van der Waals surface area contributed by atoms with Crippen molar-refractivity contribution in [2.75, 3.05) is 4.90 Å². The second-order valence-electron chi connectivity index (χ2n) is 3.48. The zero-order chi connectivity index (χ0) is 13.4. The van der Waals surface area contributed by atoms with Gasteiger partial charge in [-0.1, -0.05) is 34.8 Å². The van der Waals surface area contributed by atoms with Crippen molar-refractivity contribution in [3.63, 3.8) is 0 Å². The summed E-state index contributed by atoms with van der Waals surface area (Å²) in [6.07, 6.45) is -0.443. The number of nitrogens with zero attached hydrogens (tertiary/aromatic N) is 1. The van der Waals surface area contributed by atoms with Crippen molar-refractivity contribution in [3.8, 4) is 0 Å². The highest BCUT2D eigenvalue weighted by molar-refractivity contribution is 6.44. The van der Waals surface area contributed by atoms with E-state index in [2.05, 4.69) is 0 Å². The van der Waals surface area contributed by atoms with Crippen molar-refractivity contribution in [2.24, 2.45) is 0 Å². The molecule has 1 heterocycles. The van der Waals surface area contributed by atoms with E-state index in [1.165, 1.54) is 12.1 Å². The summed E-state index contributed by atoms with van der Waals surface area (Å²) < 4.78 is 0. The van der Waals surface area contributed by atoms with Crippen molar-refractivity contribution in [3.05, 3.63) is 27.2 Å². The average Bonchev–Trinajstić information content (AvgIpc) is 2.20. The van der Waals surface area contributed by atoms with Gasteiger partial charge in [-0.2, -0.15) is 0 Å². The van der Waals surface area contributed by atoms with Gasteiger partial charge in [-0.15, -0.1) is 0 Å². The summed E-state index contributed by atoms with van der Waals surface area (Å²) in [5.74, 6) is -1.36. The molecule has 0 spiro atoms. The number of hydrogen-bond donors (Lipinski definition) is 1. The quantitative estimate of drug-likeness (QED) is 0.811. The van der Waals surface area contributed by atoms with E-state index in [0.29, 0.717) is 0 Å². The second kappa shape index (κ2) is 4.76. The summed E-state index contributed by atoms with van der Waals surface area (Å²) in [5, 5.41) is 2.37. The molecule has 0 aliphatic carbocycles. The first-order valence-corrected chi connectivity index (χ1v) is 5.85. The van der Waals surface area contributed by atoms with Crippen LogP contribution < -0.4 is 10.2 Å². The van der Waals surface area contributed by atoms with Crippen LogP contribution in [0.5, 0.6) is 0 Å². The maximum Gasteiger partial charge on any atom is 0.335 e. The number of imide groups is 2. The Labute approximate surface area is 117 Å². The third kappa shape index (κ3) is 2.29. The minimum Gasteiger partial charge on any atom is -0.277 e. The highest BCUT2D eigenvalue weighted by atomic mass is 35.5. The van der Waals surface area contributed by atoms with E-state index in [-0.39, 0.29) is 20.8 Å². The van der Waals surface area contributed by atoms with Gasteiger partial charge in [-0.3, -0.25) is 14.9 Å². The van der Waals surface area contributed by atoms with Gasteiger partial charge >= 0.3 is 6.03 Å². The van der Waals surface area contributed by atoms with Crippen molar-refractivity contribution in [1.82, 2.24) is 5.32 Å². The van der Waals surface area contributed by atoms with Crippen molar-refractivity contribution < 1.29 is 14.4 Å². The molecule has 0 unspecified atom stereocenters. The maximum absolute atomic E-state index is 11.7. The maximum atomic E-state index is 11.7. The molecular formula is C10H5Cl3N2O3. The monoisotopic (exact) mass is 306 g/mol. The van der Waals surface area contributed by atoms with Crippen LogP contribution in [-0.4, -0.2) is 17.8 Å². The van der Waals surface area contributed by atoms with Crippen molar-refractivity contribution >= 4 is 58.3 Å². The summed E-state index contributed by atoms with van der Waals surface area (Å²) >= 11 is 17.5. The SMILES string of the molecule is O=C1CC(=O)N(c2c(Cl)cc(Cl)cc2Cl)C(=O)N1. The highest BCUT2D eigenvalue weighted by Crippen LogP contribution is 2.37.